The molecule has 126 valence electrons. The topological polar surface area (TPSA) is 28.5 Å². The standard InChI is InChI=1S/C19H15F2N3S/c1-12-11-25-19(22-12)24-18(15-4-2-3-5-16(15)21)10-17(23-24)13-6-8-14(20)9-7-13/h2-9,11,18H,10H2,1H3. The third-order valence-electron chi connectivity index (χ3n) is 4.15. The molecule has 3 aromatic rings. The lowest BCUT2D eigenvalue weighted by atomic mass is 9.98. The van der Waals surface area contributed by atoms with Crippen LogP contribution in [0.1, 0.15) is 29.3 Å². The van der Waals surface area contributed by atoms with Crippen LogP contribution in [0.4, 0.5) is 13.9 Å². The summed E-state index contributed by atoms with van der Waals surface area (Å²) in [4.78, 5) is 4.50. The van der Waals surface area contributed by atoms with Crippen LogP contribution in [0.5, 0.6) is 0 Å². The van der Waals surface area contributed by atoms with Crippen molar-refractivity contribution in [3.8, 4) is 0 Å². The van der Waals surface area contributed by atoms with Gasteiger partial charge >= 0.3 is 0 Å². The van der Waals surface area contributed by atoms with Crippen LogP contribution in [0.2, 0.25) is 0 Å². The zero-order chi connectivity index (χ0) is 17.4. The first-order chi connectivity index (χ1) is 12.1. The van der Waals surface area contributed by atoms with Crippen LogP contribution in [0, 0.1) is 18.6 Å². The number of hydrogen-bond acceptors (Lipinski definition) is 4. The van der Waals surface area contributed by atoms with Gasteiger partial charge in [0.2, 0.25) is 5.13 Å². The number of hydrogen-bond donors (Lipinski definition) is 0. The fraction of sp³-hybridized carbons (Fsp3) is 0.158. The number of anilines is 1. The van der Waals surface area contributed by atoms with Crippen LogP contribution < -0.4 is 5.01 Å². The summed E-state index contributed by atoms with van der Waals surface area (Å²) in [6.07, 6.45) is 0.533. The van der Waals surface area contributed by atoms with Crippen molar-refractivity contribution in [1.29, 1.82) is 0 Å². The molecule has 1 aliphatic heterocycles. The third kappa shape index (κ3) is 3.05. The number of rotatable bonds is 3. The first-order valence-electron chi connectivity index (χ1n) is 7.91. The van der Waals surface area contributed by atoms with E-state index in [1.165, 1.54) is 29.5 Å². The first-order valence-corrected chi connectivity index (χ1v) is 8.79. The van der Waals surface area contributed by atoms with Gasteiger partial charge in [0.05, 0.1) is 17.4 Å². The summed E-state index contributed by atoms with van der Waals surface area (Å²) in [6.45, 7) is 1.92. The Morgan fingerprint density at radius 1 is 1.08 bits per heavy atom. The lowest BCUT2D eigenvalue weighted by molar-refractivity contribution is 0.579. The van der Waals surface area contributed by atoms with Crippen molar-refractivity contribution in [1.82, 2.24) is 4.98 Å². The average Bonchev–Trinajstić information content (AvgIpc) is 3.22. The maximum atomic E-state index is 14.4. The van der Waals surface area contributed by atoms with Crippen LogP contribution in [0.15, 0.2) is 59.0 Å². The quantitative estimate of drug-likeness (QED) is 0.655. The fourth-order valence-electron chi connectivity index (χ4n) is 2.94. The molecule has 1 unspecified atom stereocenters. The van der Waals surface area contributed by atoms with Gasteiger partial charge in [0.1, 0.15) is 11.6 Å². The Morgan fingerprint density at radius 2 is 1.84 bits per heavy atom. The van der Waals surface area contributed by atoms with Gasteiger partial charge in [0.15, 0.2) is 0 Å². The fourth-order valence-corrected chi connectivity index (χ4v) is 3.74. The molecule has 0 N–H and O–H groups in total. The molecule has 1 aliphatic rings. The minimum Gasteiger partial charge on any atom is -0.231 e. The molecule has 25 heavy (non-hydrogen) atoms. The molecule has 0 saturated carbocycles. The van der Waals surface area contributed by atoms with Gasteiger partial charge in [0, 0.05) is 17.4 Å². The number of benzene rings is 2. The number of aryl methyl sites for hydroxylation is 1. The van der Waals surface area contributed by atoms with Gasteiger partial charge in [-0.05, 0) is 30.7 Å². The first kappa shape index (κ1) is 15.9. The summed E-state index contributed by atoms with van der Waals surface area (Å²) >= 11 is 1.48. The molecule has 1 atom stereocenters. The Balaban J connectivity index is 1.76. The van der Waals surface area contributed by atoms with Gasteiger partial charge in [-0.15, -0.1) is 11.3 Å². The van der Waals surface area contributed by atoms with Gasteiger partial charge < -0.3 is 0 Å². The summed E-state index contributed by atoms with van der Waals surface area (Å²) in [5, 5.41) is 9.12. The zero-order valence-corrected chi connectivity index (χ0v) is 14.3. The zero-order valence-electron chi connectivity index (χ0n) is 13.5. The van der Waals surface area contributed by atoms with Crippen molar-refractivity contribution >= 4 is 22.2 Å². The predicted molar refractivity (Wildman–Crippen MR) is 96.0 cm³/mol. The molecule has 4 rings (SSSR count). The lowest BCUT2D eigenvalue weighted by Crippen LogP contribution is -2.19. The summed E-state index contributed by atoms with van der Waals surface area (Å²) in [7, 11) is 0. The Bertz CT molecular complexity index is 934. The molecule has 2 heterocycles. The monoisotopic (exact) mass is 355 g/mol. The van der Waals surface area contributed by atoms with E-state index in [9.17, 15) is 8.78 Å². The van der Waals surface area contributed by atoms with E-state index in [2.05, 4.69) is 10.1 Å². The van der Waals surface area contributed by atoms with Gasteiger partial charge in [-0.1, -0.05) is 30.3 Å². The Kier molecular flexibility index (Phi) is 4.05. The van der Waals surface area contributed by atoms with Crippen LogP contribution >= 0.6 is 11.3 Å². The van der Waals surface area contributed by atoms with E-state index in [4.69, 9.17) is 0 Å². The summed E-state index contributed by atoms with van der Waals surface area (Å²) in [6, 6.07) is 12.7. The molecule has 2 aromatic carbocycles. The van der Waals surface area contributed by atoms with Crippen molar-refractivity contribution in [3.63, 3.8) is 0 Å². The van der Waals surface area contributed by atoms with Crippen LogP contribution in [0.3, 0.4) is 0 Å². The number of hydrazone groups is 1. The highest BCUT2D eigenvalue weighted by Crippen LogP contribution is 2.38. The molecular weight excluding hydrogens is 340 g/mol. The van der Waals surface area contributed by atoms with Gasteiger partial charge in [-0.2, -0.15) is 5.10 Å². The van der Waals surface area contributed by atoms with E-state index in [1.54, 1.807) is 29.3 Å². The van der Waals surface area contributed by atoms with E-state index < -0.39 is 0 Å². The second kappa shape index (κ2) is 6.37. The molecule has 0 saturated heterocycles. The van der Waals surface area contributed by atoms with E-state index >= 15 is 0 Å². The van der Waals surface area contributed by atoms with Crippen molar-refractivity contribution < 1.29 is 8.78 Å². The van der Waals surface area contributed by atoms with Crippen molar-refractivity contribution in [2.45, 2.75) is 19.4 Å². The molecular formula is C19H15F2N3S. The molecule has 0 aliphatic carbocycles. The molecule has 0 radical (unpaired) electrons. The maximum absolute atomic E-state index is 14.4. The Labute approximate surface area is 148 Å². The summed E-state index contributed by atoms with van der Waals surface area (Å²) in [5.41, 5.74) is 3.11. The highest BCUT2D eigenvalue weighted by molar-refractivity contribution is 7.13. The molecule has 0 amide bonds. The van der Waals surface area contributed by atoms with E-state index in [0.29, 0.717) is 12.0 Å². The molecule has 3 nitrogen and oxygen atoms in total. The van der Waals surface area contributed by atoms with Crippen LogP contribution in [-0.4, -0.2) is 10.7 Å². The SMILES string of the molecule is Cc1csc(N2N=C(c3ccc(F)cc3)CC2c2ccccc2F)n1. The molecule has 0 bridgehead atoms. The smallest absolute Gasteiger partial charge is 0.206 e. The van der Waals surface area contributed by atoms with Crippen LogP contribution in [-0.2, 0) is 0 Å². The maximum Gasteiger partial charge on any atom is 0.206 e. The molecule has 0 spiro atoms. The van der Waals surface area contributed by atoms with Gasteiger partial charge in [-0.3, -0.25) is 0 Å². The van der Waals surface area contributed by atoms with Crippen molar-refractivity contribution in [2.75, 3.05) is 5.01 Å². The number of aromatic nitrogens is 1. The van der Waals surface area contributed by atoms with Crippen LogP contribution in [0.25, 0.3) is 0 Å². The molecule has 6 heteroatoms. The number of thiazole rings is 1. The largest absolute Gasteiger partial charge is 0.231 e. The predicted octanol–water partition coefficient (Wildman–Crippen LogP) is 5.09. The van der Waals surface area contributed by atoms with Crippen molar-refractivity contribution in [2.24, 2.45) is 5.10 Å². The Hall–Kier alpha value is -2.60. The summed E-state index contributed by atoms with van der Waals surface area (Å²) in [5.74, 6) is -0.554. The number of nitrogens with zero attached hydrogens (tertiary/aromatic N) is 3. The number of halogens is 2. The third-order valence-corrected chi connectivity index (χ3v) is 5.10. The minimum absolute atomic E-state index is 0.263. The normalized spacial score (nSPS) is 17.0. The summed E-state index contributed by atoms with van der Waals surface area (Å²) < 4.78 is 27.6. The minimum atomic E-state index is -0.291. The highest BCUT2D eigenvalue weighted by atomic mass is 32.1. The van der Waals surface area contributed by atoms with Gasteiger partial charge in [0.25, 0.3) is 0 Å². The van der Waals surface area contributed by atoms with E-state index in [0.717, 1.165) is 22.1 Å². The van der Waals surface area contributed by atoms with E-state index in [-0.39, 0.29) is 17.7 Å². The molecule has 1 aromatic heterocycles. The van der Waals surface area contributed by atoms with E-state index in [1.807, 2.05) is 18.4 Å². The van der Waals surface area contributed by atoms with Crippen molar-refractivity contribution in [3.05, 3.63) is 82.4 Å². The lowest BCUT2D eigenvalue weighted by Gasteiger charge is -2.21. The average molecular weight is 355 g/mol. The van der Waals surface area contributed by atoms with Gasteiger partial charge in [-0.25, -0.2) is 18.8 Å². The Morgan fingerprint density at radius 3 is 2.52 bits per heavy atom. The highest BCUT2D eigenvalue weighted by Gasteiger charge is 2.33. The second-order valence-electron chi connectivity index (χ2n) is 5.91. The molecule has 0 fully saturated rings. The second-order valence-corrected chi connectivity index (χ2v) is 6.75.